The molecule has 3 aromatic rings. The smallest absolute Gasteiger partial charge is 0.320 e. The molecule has 4 rings (SSSR count). The molecule has 0 aliphatic carbocycles. The maximum atomic E-state index is 12.8. The summed E-state index contributed by atoms with van der Waals surface area (Å²) in [5.74, 6) is -0.300. The molecule has 0 radical (unpaired) electrons. The molecule has 1 fully saturated rings. The molecule has 1 aromatic heterocycles. The van der Waals surface area contributed by atoms with Crippen molar-refractivity contribution in [3.63, 3.8) is 0 Å². The van der Waals surface area contributed by atoms with E-state index in [4.69, 9.17) is 0 Å². The van der Waals surface area contributed by atoms with Crippen LogP contribution in [0, 0.1) is 6.92 Å². The summed E-state index contributed by atoms with van der Waals surface area (Å²) in [6.45, 7) is 2.62. The summed E-state index contributed by atoms with van der Waals surface area (Å²) in [4.78, 5) is 27.1. The van der Waals surface area contributed by atoms with Crippen LogP contribution in [0.1, 0.15) is 39.3 Å². The van der Waals surface area contributed by atoms with Gasteiger partial charge >= 0.3 is 6.03 Å². The van der Waals surface area contributed by atoms with Crippen molar-refractivity contribution in [3.8, 4) is 0 Å². The normalized spacial score (nSPS) is 15.8. The third kappa shape index (κ3) is 4.68. The molecular weight excluding hydrogens is 466 g/mol. The third-order valence-corrected chi connectivity index (χ3v) is 6.34. The zero-order chi connectivity index (χ0) is 21.1. The molecule has 2 aromatic carbocycles. The van der Waals surface area contributed by atoms with Gasteiger partial charge in [0.1, 0.15) is 5.01 Å². The Morgan fingerprint density at radius 3 is 2.67 bits per heavy atom. The molecule has 154 valence electrons. The lowest BCUT2D eigenvalue weighted by atomic mass is 10.2. The summed E-state index contributed by atoms with van der Waals surface area (Å²) in [5, 5.41) is 15.0. The summed E-state index contributed by atoms with van der Waals surface area (Å²) in [6.07, 6.45) is 1.67. The van der Waals surface area contributed by atoms with Gasteiger partial charge in [0.25, 0.3) is 5.91 Å². The zero-order valence-corrected chi connectivity index (χ0v) is 18.7. The molecule has 0 bridgehead atoms. The summed E-state index contributed by atoms with van der Waals surface area (Å²) < 4.78 is 0.895. The fraction of sp³-hybridized carbons (Fsp3) is 0.238. The minimum atomic E-state index is -0.300. The van der Waals surface area contributed by atoms with E-state index in [1.54, 1.807) is 4.90 Å². The molecular formula is C21H20BrN5O2S. The molecule has 2 N–H and O–H groups in total. The van der Waals surface area contributed by atoms with E-state index < -0.39 is 0 Å². The Hall–Kier alpha value is -2.78. The standard InChI is InChI=1S/C21H20BrN5O2S/c1-13-7-9-15(10-8-13)23-18(28)20-26-25-19(30-20)17-6-3-11-27(17)21(29)24-16-5-2-4-14(22)12-16/h2,4-5,7-10,12,17H,3,6,11H2,1H3,(H,23,28)(H,24,29)/t17-/m1/s1. The van der Waals surface area contributed by atoms with Crippen LogP contribution in [-0.4, -0.2) is 33.6 Å². The molecule has 1 aliphatic rings. The Kier molecular flexibility index (Phi) is 6.10. The molecule has 0 unspecified atom stereocenters. The Bertz CT molecular complexity index is 1070. The number of nitrogens with one attached hydrogen (secondary N) is 2. The number of urea groups is 1. The minimum Gasteiger partial charge on any atom is -0.320 e. The van der Waals surface area contributed by atoms with Crippen LogP contribution in [0.15, 0.2) is 53.0 Å². The molecule has 3 amide bonds. The van der Waals surface area contributed by atoms with Crippen LogP contribution in [0.4, 0.5) is 16.2 Å². The number of hydrogen-bond donors (Lipinski definition) is 2. The molecule has 1 saturated heterocycles. The number of nitrogens with zero attached hydrogens (tertiary/aromatic N) is 3. The van der Waals surface area contributed by atoms with E-state index >= 15 is 0 Å². The van der Waals surface area contributed by atoms with Gasteiger partial charge in [0.15, 0.2) is 0 Å². The van der Waals surface area contributed by atoms with Crippen LogP contribution in [-0.2, 0) is 0 Å². The molecule has 7 nitrogen and oxygen atoms in total. The van der Waals surface area contributed by atoms with Crippen molar-refractivity contribution in [1.82, 2.24) is 15.1 Å². The van der Waals surface area contributed by atoms with Gasteiger partial charge in [-0.05, 0) is 50.1 Å². The van der Waals surface area contributed by atoms with Crippen molar-refractivity contribution in [1.29, 1.82) is 0 Å². The second kappa shape index (κ2) is 8.93. The van der Waals surface area contributed by atoms with Crippen LogP contribution in [0.2, 0.25) is 0 Å². The van der Waals surface area contributed by atoms with Crippen molar-refractivity contribution in [3.05, 3.63) is 68.6 Å². The Balaban J connectivity index is 1.44. The van der Waals surface area contributed by atoms with Crippen LogP contribution in [0.25, 0.3) is 0 Å². The van der Waals surface area contributed by atoms with E-state index in [0.29, 0.717) is 17.2 Å². The zero-order valence-electron chi connectivity index (χ0n) is 16.3. The van der Waals surface area contributed by atoms with E-state index in [0.717, 1.165) is 28.6 Å². The number of carbonyl (C=O) groups is 2. The highest BCUT2D eigenvalue weighted by atomic mass is 79.9. The largest absolute Gasteiger partial charge is 0.322 e. The second-order valence-electron chi connectivity index (χ2n) is 7.06. The maximum Gasteiger partial charge on any atom is 0.322 e. The predicted octanol–water partition coefficient (Wildman–Crippen LogP) is 5.23. The second-order valence-corrected chi connectivity index (χ2v) is 8.98. The number of anilines is 2. The van der Waals surface area contributed by atoms with Crippen molar-refractivity contribution >= 4 is 50.6 Å². The number of rotatable bonds is 4. The highest BCUT2D eigenvalue weighted by Gasteiger charge is 2.33. The van der Waals surface area contributed by atoms with Gasteiger partial charge in [-0.2, -0.15) is 0 Å². The number of amides is 3. The fourth-order valence-electron chi connectivity index (χ4n) is 3.31. The van der Waals surface area contributed by atoms with Crippen LogP contribution in [0.5, 0.6) is 0 Å². The lowest BCUT2D eigenvalue weighted by Gasteiger charge is -2.23. The first-order chi connectivity index (χ1) is 14.5. The molecule has 30 heavy (non-hydrogen) atoms. The Labute approximate surface area is 186 Å². The van der Waals surface area contributed by atoms with Gasteiger partial charge in [-0.15, -0.1) is 10.2 Å². The number of aromatic nitrogens is 2. The Morgan fingerprint density at radius 2 is 1.90 bits per heavy atom. The first-order valence-electron chi connectivity index (χ1n) is 9.54. The quantitative estimate of drug-likeness (QED) is 0.529. The number of hydrogen-bond acceptors (Lipinski definition) is 5. The summed E-state index contributed by atoms with van der Waals surface area (Å²) >= 11 is 4.64. The molecule has 0 saturated carbocycles. The molecule has 1 atom stereocenters. The number of aryl methyl sites for hydroxylation is 1. The predicted molar refractivity (Wildman–Crippen MR) is 121 cm³/mol. The van der Waals surface area contributed by atoms with Gasteiger partial charge in [0.05, 0.1) is 6.04 Å². The van der Waals surface area contributed by atoms with Gasteiger partial charge in [-0.1, -0.05) is 51.0 Å². The monoisotopic (exact) mass is 485 g/mol. The van der Waals surface area contributed by atoms with E-state index in [-0.39, 0.29) is 23.0 Å². The average Bonchev–Trinajstić information content (AvgIpc) is 3.39. The van der Waals surface area contributed by atoms with Gasteiger partial charge in [0.2, 0.25) is 5.01 Å². The minimum absolute atomic E-state index is 0.184. The average molecular weight is 486 g/mol. The van der Waals surface area contributed by atoms with Gasteiger partial charge in [0, 0.05) is 22.4 Å². The van der Waals surface area contributed by atoms with E-state index in [9.17, 15) is 9.59 Å². The van der Waals surface area contributed by atoms with Crippen molar-refractivity contribution in [2.24, 2.45) is 0 Å². The molecule has 0 spiro atoms. The van der Waals surface area contributed by atoms with Crippen LogP contribution >= 0.6 is 27.3 Å². The molecule has 9 heteroatoms. The summed E-state index contributed by atoms with van der Waals surface area (Å²) in [6, 6.07) is 14.6. The number of carbonyl (C=O) groups excluding carboxylic acids is 2. The topological polar surface area (TPSA) is 87.2 Å². The van der Waals surface area contributed by atoms with E-state index in [1.807, 2.05) is 55.5 Å². The van der Waals surface area contributed by atoms with Gasteiger partial charge < -0.3 is 15.5 Å². The van der Waals surface area contributed by atoms with Crippen molar-refractivity contribution in [2.45, 2.75) is 25.8 Å². The SMILES string of the molecule is Cc1ccc(NC(=O)c2nnc([C@H]3CCCN3C(=O)Nc3cccc(Br)c3)s2)cc1. The Morgan fingerprint density at radius 1 is 1.10 bits per heavy atom. The van der Waals surface area contributed by atoms with E-state index in [1.165, 1.54) is 11.3 Å². The van der Waals surface area contributed by atoms with Gasteiger partial charge in [-0.3, -0.25) is 4.79 Å². The maximum absolute atomic E-state index is 12.8. The summed E-state index contributed by atoms with van der Waals surface area (Å²) in [7, 11) is 0. The first kappa shape index (κ1) is 20.5. The summed E-state index contributed by atoms with van der Waals surface area (Å²) in [5.41, 5.74) is 2.54. The van der Waals surface area contributed by atoms with Crippen molar-refractivity contribution in [2.75, 3.05) is 17.2 Å². The van der Waals surface area contributed by atoms with Crippen LogP contribution < -0.4 is 10.6 Å². The third-order valence-electron chi connectivity index (χ3n) is 4.82. The highest BCUT2D eigenvalue weighted by Crippen LogP contribution is 2.34. The highest BCUT2D eigenvalue weighted by molar-refractivity contribution is 9.10. The van der Waals surface area contributed by atoms with Crippen molar-refractivity contribution < 1.29 is 9.59 Å². The van der Waals surface area contributed by atoms with Gasteiger partial charge in [-0.25, -0.2) is 4.79 Å². The first-order valence-corrected chi connectivity index (χ1v) is 11.1. The number of halogens is 1. The lowest BCUT2D eigenvalue weighted by Crippen LogP contribution is -2.34. The number of likely N-dealkylation sites (tertiary alicyclic amines) is 1. The fourth-order valence-corrected chi connectivity index (χ4v) is 4.60. The molecule has 1 aliphatic heterocycles. The number of benzene rings is 2. The van der Waals surface area contributed by atoms with Crippen LogP contribution in [0.3, 0.4) is 0 Å². The van der Waals surface area contributed by atoms with E-state index in [2.05, 4.69) is 36.8 Å². The molecule has 2 heterocycles. The lowest BCUT2D eigenvalue weighted by molar-refractivity contribution is 0.102.